The largest absolute Gasteiger partial charge is 0.433 e. The third-order valence-electron chi connectivity index (χ3n) is 2.50. The molecule has 0 atom stereocenters. The highest BCUT2D eigenvalue weighted by Crippen LogP contribution is 2.31. The molecular formula is C10H12F3N3OS. The van der Waals surface area contributed by atoms with Crippen molar-refractivity contribution in [2.75, 3.05) is 37.5 Å². The highest BCUT2D eigenvalue weighted by molar-refractivity contribution is 7.98. The Hall–Kier alpha value is -1.02. The van der Waals surface area contributed by atoms with Crippen molar-refractivity contribution in [1.29, 1.82) is 0 Å². The molecule has 0 radical (unpaired) electrons. The average molecular weight is 279 g/mol. The number of rotatable bonds is 2. The van der Waals surface area contributed by atoms with Gasteiger partial charge in [0.25, 0.3) is 0 Å². The zero-order valence-electron chi connectivity index (χ0n) is 9.70. The van der Waals surface area contributed by atoms with Gasteiger partial charge in [-0.05, 0) is 6.26 Å². The molecule has 1 aliphatic heterocycles. The van der Waals surface area contributed by atoms with Crippen LogP contribution in [-0.2, 0) is 10.9 Å². The van der Waals surface area contributed by atoms with Gasteiger partial charge in [0.2, 0.25) is 0 Å². The second kappa shape index (κ2) is 5.31. The standard InChI is InChI=1S/C10H12F3N3OS/c1-18-9-14-7(10(11,12)13)6-8(15-9)16-2-4-17-5-3-16/h6H,2-5H2,1H3. The summed E-state index contributed by atoms with van der Waals surface area (Å²) in [6, 6.07) is 0.991. The number of hydrogen-bond donors (Lipinski definition) is 0. The number of aromatic nitrogens is 2. The molecule has 1 saturated heterocycles. The predicted octanol–water partition coefficient (Wildman–Crippen LogP) is 2.05. The summed E-state index contributed by atoms with van der Waals surface area (Å²) in [5, 5.41) is 0.131. The van der Waals surface area contributed by atoms with Gasteiger partial charge in [0.1, 0.15) is 5.82 Å². The molecule has 2 heterocycles. The molecule has 0 spiro atoms. The van der Waals surface area contributed by atoms with E-state index in [0.29, 0.717) is 32.1 Å². The molecule has 18 heavy (non-hydrogen) atoms. The smallest absolute Gasteiger partial charge is 0.378 e. The van der Waals surface area contributed by atoms with Crippen molar-refractivity contribution in [3.8, 4) is 0 Å². The van der Waals surface area contributed by atoms with Crippen molar-refractivity contribution in [2.45, 2.75) is 11.3 Å². The third kappa shape index (κ3) is 3.05. The number of halogens is 3. The van der Waals surface area contributed by atoms with E-state index in [2.05, 4.69) is 9.97 Å². The van der Waals surface area contributed by atoms with Crippen molar-refractivity contribution < 1.29 is 17.9 Å². The normalized spacial score (nSPS) is 17.0. The van der Waals surface area contributed by atoms with Gasteiger partial charge in [0.15, 0.2) is 10.9 Å². The van der Waals surface area contributed by atoms with Gasteiger partial charge in [-0.25, -0.2) is 9.97 Å². The molecule has 1 aromatic rings. The lowest BCUT2D eigenvalue weighted by Gasteiger charge is -2.28. The summed E-state index contributed by atoms with van der Waals surface area (Å²) >= 11 is 1.10. The summed E-state index contributed by atoms with van der Waals surface area (Å²) in [5.74, 6) is 0.310. The first-order chi connectivity index (χ1) is 8.50. The SMILES string of the molecule is CSc1nc(N2CCOCC2)cc(C(F)(F)F)n1. The third-order valence-corrected chi connectivity index (χ3v) is 3.05. The van der Waals surface area contributed by atoms with E-state index in [1.165, 1.54) is 0 Å². The zero-order valence-corrected chi connectivity index (χ0v) is 10.5. The Kier molecular flexibility index (Phi) is 3.96. The van der Waals surface area contributed by atoms with Crippen molar-refractivity contribution in [3.63, 3.8) is 0 Å². The monoisotopic (exact) mass is 279 g/mol. The molecule has 8 heteroatoms. The Labute approximate surface area is 107 Å². The average Bonchev–Trinajstić information content (AvgIpc) is 2.38. The number of alkyl halides is 3. The van der Waals surface area contributed by atoms with Crippen LogP contribution >= 0.6 is 11.8 Å². The van der Waals surface area contributed by atoms with Gasteiger partial charge in [0.05, 0.1) is 13.2 Å². The first kappa shape index (κ1) is 13.4. The Bertz CT molecular complexity index is 421. The topological polar surface area (TPSA) is 38.2 Å². The van der Waals surface area contributed by atoms with E-state index in [9.17, 15) is 13.2 Å². The molecule has 4 nitrogen and oxygen atoms in total. The summed E-state index contributed by atoms with van der Waals surface area (Å²) in [6.07, 6.45) is -2.80. The van der Waals surface area contributed by atoms with E-state index in [-0.39, 0.29) is 5.16 Å². The van der Waals surface area contributed by atoms with Crippen LogP contribution in [0.5, 0.6) is 0 Å². The predicted molar refractivity (Wildman–Crippen MR) is 61.8 cm³/mol. The van der Waals surface area contributed by atoms with Gasteiger partial charge < -0.3 is 9.64 Å². The van der Waals surface area contributed by atoms with Crippen LogP contribution in [0.15, 0.2) is 11.2 Å². The Morgan fingerprint density at radius 3 is 2.50 bits per heavy atom. The zero-order chi connectivity index (χ0) is 13.2. The summed E-state index contributed by atoms with van der Waals surface area (Å²) in [6.45, 7) is 2.09. The fourth-order valence-corrected chi connectivity index (χ4v) is 1.98. The minimum atomic E-state index is -4.45. The van der Waals surface area contributed by atoms with Gasteiger partial charge in [-0.1, -0.05) is 11.8 Å². The maximum atomic E-state index is 12.7. The van der Waals surface area contributed by atoms with E-state index in [0.717, 1.165) is 17.8 Å². The number of ether oxygens (including phenoxy) is 1. The molecule has 0 aliphatic carbocycles. The van der Waals surface area contributed by atoms with E-state index in [1.807, 2.05) is 0 Å². The highest BCUT2D eigenvalue weighted by atomic mass is 32.2. The van der Waals surface area contributed by atoms with Crippen molar-refractivity contribution in [2.24, 2.45) is 0 Å². The molecule has 0 N–H and O–H groups in total. The number of nitrogens with zero attached hydrogens (tertiary/aromatic N) is 3. The first-order valence-electron chi connectivity index (χ1n) is 5.33. The molecule has 0 saturated carbocycles. The fourth-order valence-electron chi connectivity index (χ4n) is 1.60. The molecule has 0 aromatic carbocycles. The van der Waals surface area contributed by atoms with Crippen LogP contribution in [0.2, 0.25) is 0 Å². The Morgan fingerprint density at radius 2 is 1.94 bits per heavy atom. The second-order valence-electron chi connectivity index (χ2n) is 3.70. The molecule has 0 bridgehead atoms. The summed E-state index contributed by atoms with van der Waals surface area (Å²) in [5.41, 5.74) is -0.900. The molecule has 0 amide bonds. The first-order valence-corrected chi connectivity index (χ1v) is 6.56. The minimum absolute atomic E-state index is 0.131. The van der Waals surface area contributed by atoms with Crippen LogP contribution in [-0.4, -0.2) is 42.5 Å². The second-order valence-corrected chi connectivity index (χ2v) is 4.47. The number of anilines is 1. The number of hydrogen-bond acceptors (Lipinski definition) is 5. The quantitative estimate of drug-likeness (QED) is 0.612. The number of morpholine rings is 1. The van der Waals surface area contributed by atoms with Gasteiger partial charge in [-0.2, -0.15) is 13.2 Å². The fraction of sp³-hybridized carbons (Fsp3) is 0.600. The van der Waals surface area contributed by atoms with Crippen LogP contribution in [0, 0.1) is 0 Å². The summed E-state index contributed by atoms with van der Waals surface area (Å²) in [7, 11) is 0. The van der Waals surface area contributed by atoms with Crippen LogP contribution < -0.4 is 4.90 Å². The van der Waals surface area contributed by atoms with E-state index >= 15 is 0 Å². The lowest BCUT2D eigenvalue weighted by atomic mass is 10.3. The van der Waals surface area contributed by atoms with Crippen molar-refractivity contribution in [1.82, 2.24) is 9.97 Å². The van der Waals surface area contributed by atoms with Gasteiger partial charge >= 0.3 is 6.18 Å². The van der Waals surface area contributed by atoms with Crippen molar-refractivity contribution >= 4 is 17.6 Å². The molecular weight excluding hydrogens is 267 g/mol. The minimum Gasteiger partial charge on any atom is -0.378 e. The van der Waals surface area contributed by atoms with Crippen LogP contribution in [0.3, 0.4) is 0 Å². The van der Waals surface area contributed by atoms with E-state index in [1.54, 1.807) is 11.2 Å². The van der Waals surface area contributed by atoms with Crippen LogP contribution in [0.4, 0.5) is 19.0 Å². The van der Waals surface area contributed by atoms with Crippen LogP contribution in [0.1, 0.15) is 5.69 Å². The van der Waals surface area contributed by atoms with E-state index < -0.39 is 11.9 Å². The molecule has 2 rings (SSSR count). The number of thioether (sulfide) groups is 1. The maximum Gasteiger partial charge on any atom is 0.433 e. The van der Waals surface area contributed by atoms with Gasteiger partial charge in [-0.3, -0.25) is 0 Å². The highest BCUT2D eigenvalue weighted by Gasteiger charge is 2.34. The summed E-state index contributed by atoms with van der Waals surface area (Å²) in [4.78, 5) is 9.38. The Morgan fingerprint density at radius 1 is 1.28 bits per heavy atom. The van der Waals surface area contributed by atoms with Crippen molar-refractivity contribution in [3.05, 3.63) is 11.8 Å². The van der Waals surface area contributed by atoms with E-state index in [4.69, 9.17) is 4.74 Å². The maximum absolute atomic E-state index is 12.7. The molecule has 1 aromatic heterocycles. The molecule has 100 valence electrons. The lowest BCUT2D eigenvalue weighted by Crippen LogP contribution is -2.37. The Balaban J connectivity index is 2.34. The summed E-state index contributed by atoms with van der Waals surface area (Å²) < 4.78 is 43.3. The molecule has 1 aliphatic rings. The van der Waals surface area contributed by atoms with Gasteiger partial charge in [0, 0.05) is 19.2 Å². The molecule has 0 unspecified atom stereocenters. The molecule has 1 fully saturated rings. The lowest BCUT2D eigenvalue weighted by molar-refractivity contribution is -0.141. The van der Waals surface area contributed by atoms with Crippen LogP contribution in [0.25, 0.3) is 0 Å². The van der Waals surface area contributed by atoms with Gasteiger partial charge in [-0.15, -0.1) is 0 Å².